The summed E-state index contributed by atoms with van der Waals surface area (Å²) in [5.74, 6) is -0.0820. The average molecular weight is 370 g/mol. The third-order valence-electron chi connectivity index (χ3n) is 4.73. The van der Waals surface area contributed by atoms with Gasteiger partial charge in [0.1, 0.15) is 0 Å². The molecule has 1 amide bonds. The van der Waals surface area contributed by atoms with Gasteiger partial charge in [0.2, 0.25) is 5.91 Å². The lowest BCUT2D eigenvalue weighted by molar-refractivity contribution is -0.114. The molecule has 0 saturated carbocycles. The Morgan fingerprint density at radius 2 is 1.68 bits per heavy atom. The van der Waals surface area contributed by atoms with Crippen LogP contribution >= 0.6 is 0 Å². The molecule has 0 bridgehead atoms. The zero-order chi connectivity index (χ0) is 19.5. The summed E-state index contributed by atoms with van der Waals surface area (Å²) < 4.78 is 0. The summed E-state index contributed by atoms with van der Waals surface area (Å²) in [5.41, 5.74) is 6.07. The van der Waals surface area contributed by atoms with Crippen molar-refractivity contribution in [3.8, 4) is 0 Å². The highest BCUT2D eigenvalue weighted by Gasteiger charge is 2.21. The fraction of sp³-hybridized carbons (Fsp3) is 0.130. The molecule has 4 aromatic rings. The van der Waals surface area contributed by atoms with E-state index in [-0.39, 0.29) is 11.9 Å². The van der Waals surface area contributed by atoms with Gasteiger partial charge in [-0.2, -0.15) is 0 Å². The summed E-state index contributed by atoms with van der Waals surface area (Å²) in [6.07, 6.45) is 1.81. The normalized spacial score (nSPS) is 11.9. The number of amides is 1. The van der Waals surface area contributed by atoms with Crippen LogP contribution in [0.15, 0.2) is 72.9 Å². The Balaban J connectivity index is 1.75. The Labute approximate surface area is 163 Å². The van der Waals surface area contributed by atoms with Crippen molar-refractivity contribution < 1.29 is 4.79 Å². The van der Waals surface area contributed by atoms with Gasteiger partial charge in [-0.3, -0.25) is 9.78 Å². The van der Waals surface area contributed by atoms with E-state index in [2.05, 4.69) is 45.7 Å². The molecule has 1 atom stereocenters. The molecule has 0 spiro atoms. The predicted molar refractivity (Wildman–Crippen MR) is 113 cm³/mol. The van der Waals surface area contributed by atoms with Crippen molar-refractivity contribution in [1.82, 2.24) is 9.97 Å². The van der Waals surface area contributed by atoms with Crippen LogP contribution in [-0.4, -0.2) is 15.9 Å². The van der Waals surface area contributed by atoms with Gasteiger partial charge in [0.25, 0.3) is 0 Å². The van der Waals surface area contributed by atoms with Gasteiger partial charge in [-0.1, -0.05) is 24.3 Å². The number of aromatic nitrogens is 2. The van der Waals surface area contributed by atoms with Crippen LogP contribution in [0.25, 0.3) is 10.9 Å². The van der Waals surface area contributed by atoms with E-state index in [1.165, 1.54) is 17.9 Å². The van der Waals surface area contributed by atoms with E-state index in [1.54, 1.807) is 0 Å². The smallest absolute Gasteiger partial charge is 0.221 e. The molecule has 0 radical (unpaired) electrons. The number of anilines is 2. The quantitative estimate of drug-likeness (QED) is 0.461. The summed E-state index contributed by atoms with van der Waals surface area (Å²) >= 11 is 0. The molecule has 0 aliphatic rings. The van der Waals surface area contributed by atoms with Gasteiger partial charge in [0.05, 0.1) is 11.7 Å². The molecule has 5 heteroatoms. The standard InChI is InChI=1S/C23H22N4O/c1-15-22(19-7-3-4-8-20(19)25-15)23(21-9-5-6-14-24-21)27-18-12-10-17(11-13-18)26-16(2)28/h3-14,23,25,27H,1-2H3,(H,26,28)/t23-/m1/s1. The second-order valence-corrected chi connectivity index (χ2v) is 6.80. The number of aromatic amines is 1. The van der Waals surface area contributed by atoms with Crippen LogP contribution in [0.4, 0.5) is 11.4 Å². The minimum atomic E-state index is -0.107. The number of aryl methyl sites for hydroxylation is 1. The molecule has 0 saturated heterocycles. The summed E-state index contributed by atoms with van der Waals surface area (Å²) in [6.45, 7) is 3.59. The van der Waals surface area contributed by atoms with Crippen molar-refractivity contribution in [2.24, 2.45) is 0 Å². The Hall–Kier alpha value is -3.60. The van der Waals surface area contributed by atoms with Crippen LogP contribution in [0.2, 0.25) is 0 Å². The Morgan fingerprint density at radius 3 is 2.39 bits per heavy atom. The maximum atomic E-state index is 11.2. The lowest BCUT2D eigenvalue weighted by Crippen LogP contribution is -2.14. The van der Waals surface area contributed by atoms with Crippen LogP contribution in [0.1, 0.15) is 29.9 Å². The van der Waals surface area contributed by atoms with Gasteiger partial charge in [0.15, 0.2) is 0 Å². The maximum absolute atomic E-state index is 11.2. The first-order valence-electron chi connectivity index (χ1n) is 9.24. The van der Waals surface area contributed by atoms with Gasteiger partial charge in [0, 0.05) is 46.7 Å². The monoisotopic (exact) mass is 370 g/mol. The number of nitrogens with zero attached hydrogens (tertiary/aromatic N) is 1. The third-order valence-corrected chi connectivity index (χ3v) is 4.73. The lowest BCUT2D eigenvalue weighted by Gasteiger charge is -2.21. The number of rotatable bonds is 5. The van der Waals surface area contributed by atoms with Crippen molar-refractivity contribution in [3.63, 3.8) is 0 Å². The number of para-hydroxylation sites is 1. The van der Waals surface area contributed by atoms with Gasteiger partial charge in [-0.05, 0) is 49.4 Å². The fourth-order valence-corrected chi connectivity index (χ4v) is 3.53. The molecule has 4 rings (SSSR count). The number of hydrogen-bond acceptors (Lipinski definition) is 3. The summed E-state index contributed by atoms with van der Waals surface area (Å²) in [7, 11) is 0. The third kappa shape index (κ3) is 3.60. The fourth-order valence-electron chi connectivity index (χ4n) is 3.53. The second kappa shape index (κ2) is 7.56. The first-order chi connectivity index (χ1) is 13.6. The molecule has 5 nitrogen and oxygen atoms in total. The van der Waals surface area contributed by atoms with E-state index in [0.717, 1.165) is 28.3 Å². The molecular weight excluding hydrogens is 348 g/mol. The van der Waals surface area contributed by atoms with E-state index >= 15 is 0 Å². The highest BCUT2D eigenvalue weighted by Crippen LogP contribution is 2.33. The number of pyridine rings is 1. The van der Waals surface area contributed by atoms with Crippen LogP contribution in [0.3, 0.4) is 0 Å². The summed E-state index contributed by atoms with van der Waals surface area (Å²) in [6, 6.07) is 21.9. The van der Waals surface area contributed by atoms with Gasteiger partial charge < -0.3 is 15.6 Å². The zero-order valence-corrected chi connectivity index (χ0v) is 15.9. The molecule has 140 valence electrons. The predicted octanol–water partition coefficient (Wildman–Crippen LogP) is 5.03. The number of benzene rings is 2. The van der Waals surface area contributed by atoms with Crippen LogP contribution in [-0.2, 0) is 4.79 Å². The number of carbonyl (C=O) groups is 1. The van der Waals surface area contributed by atoms with Crippen molar-refractivity contribution in [2.45, 2.75) is 19.9 Å². The summed E-state index contributed by atoms with van der Waals surface area (Å²) in [5, 5.41) is 7.59. The van der Waals surface area contributed by atoms with Gasteiger partial charge in [-0.25, -0.2) is 0 Å². The molecule has 28 heavy (non-hydrogen) atoms. The van der Waals surface area contributed by atoms with Crippen molar-refractivity contribution in [3.05, 3.63) is 89.9 Å². The number of H-pyrrole nitrogens is 1. The molecule has 0 fully saturated rings. The Morgan fingerprint density at radius 1 is 0.964 bits per heavy atom. The van der Waals surface area contributed by atoms with Crippen molar-refractivity contribution >= 4 is 28.2 Å². The van der Waals surface area contributed by atoms with E-state index in [0.29, 0.717) is 0 Å². The maximum Gasteiger partial charge on any atom is 0.221 e. The number of nitrogens with one attached hydrogen (secondary N) is 3. The largest absolute Gasteiger partial charge is 0.373 e. The second-order valence-electron chi connectivity index (χ2n) is 6.80. The molecule has 0 unspecified atom stereocenters. The van der Waals surface area contributed by atoms with Crippen molar-refractivity contribution in [1.29, 1.82) is 0 Å². The van der Waals surface area contributed by atoms with Crippen LogP contribution in [0, 0.1) is 6.92 Å². The van der Waals surface area contributed by atoms with Crippen LogP contribution < -0.4 is 10.6 Å². The average Bonchev–Trinajstić information content (AvgIpc) is 3.03. The SMILES string of the molecule is CC(=O)Nc1ccc(N[C@H](c2ccccn2)c2c(C)[nH]c3ccccc23)cc1. The summed E-state index contributed by atoms with van der Waals surface area (Å²) in [4.78, 5) is 19.3. The number of hydrogen-bond donors (Lipinski definition) is 3. The van der Waals surface area contributed by atoms with E-state index in [4.69, 9.17) is 0 Å². The molecule has 0 aliphatic heterocycles. The molecule has 0 aliphatic carbocycles. The van der Waals surface area contributed by atoms with Crippen LogP contribution in [0.5, 0.6) is 0 Å². The Kier molecular flexibility index (Phi) is 4.81. The van der Waals surface area contributed by atoms with E-state index in [1.807, 2.05) is 54.7 Å². The Bertz CT molecular complexity index is 1100. The lowest BCUT2D eigenvalue weighted by atomic mass is 9.99. The van der Waals surface area contributed by atoms with E-state index in [9.17, 15) is 4.79 Å². The number of fused-ring (bicyclic) bond motifs is 1. The minimum absolute atomic E-state index is 0.0820. The zero-order valence-electron chi connectivity index (χ0n) is 15.9. The molecule has 3 N–H and O–H groups in total. The minimum Gasteiger partial charge on any atom is -0.373 e. The molecule has 2 heterocycles. The molecule has 2 aromatic heterocycles. The van der Waals surface area contributed by atoms with Gasteiger partial charge in [-0.15, -0.1) is 0 Å². The highest BCUT2D eigenvalue weighted by molar-refractivity contribution is 5.89. The molecular formula is C23H22N4O. The van der Waals surface area contributed by atoms with Crippen molar-refractivity contribution in [2.75, 3.05) is 10.6 Å². The highest BCUT2D eigenvalue weighted by atomic mass is 16.1. The topological polar surface area (TPSA) is 69.8 Å². The first-order valence-corrected chi connectivity index (χ1v) is 9.24. The van der Waals surface area contributed by atoms with Gasteiger partial charge >= 0.3 is 0 Å². The first kappa shape index (κ1) is 17.8. The number of carbonyl (C=O) groups excluding carboxylic acids is 1. The van der Waals surface area contributed by atoms with E-state index < -0.39 is 0 Å². The molecule has 2 aromatic carbocycles.